The average Bonchev–Trinajstić information content (AvgIpc) is 2.33. The first-order chi connectivity index (χ1) is 9.10. The van der Waals surface area contributed by atoms with Crippen LogP contribution in [0.5, 0.6) is 5.88 Å². The van der Waals surface area contributed by atoms with Crippen molar-refractivity contribution >= 4 is 11.5 Å². The lowest BCUT2D eigenvalue weighted by Gasteiger charge is -2.32. The second-order valence-corrected chi connectivity index (χ2v) is 5.63. The van der Waals surface area contributed by atoms with Crippen LogP contribution in [0.15, 0.2) is 6.33 Å². The Balaban J connectivity index is 2.08. The van der Waals surface area contributed by atoms with Crippen LogP contribution in [0, 0.1) is 11.8 Å². The smallest absolute Gasteiger partial charge is 0.242 e. The minimum atomic E-state index is 0.436. The van der Waals surface area contributed by atoms with Gasteiger partial charge in [-0.05, 0) is 38.0 Å². The minimum Gasteiger partial charge on any atom is -0.476 e. The number of nitrogens with two attached hydrogens (primary N) is 1. The molecule has 2 atom stereocenters. The highest BCUT2D eigenvalue weighted by Gasteiger charge is 2.24. The van der Waals surface area contributed by atoms with Gasteiger partial charge in [0.2, 0.25) is 5.88 Å². The molecule has 1 aromatic rings. The highest BCUT2D eigenvalue weighted by atomic mass is 16.5. The van der Waals surface area contributed by atoms with Gasteiger partial charge >= 0.3 is 0 Å². The average molecular weight is 264 g/mol. The van der Waals surface area contributed by atoms with Crippen molar-refractivity contribution in [2.45, 2.75) is 46.1 Å². The van der Waals surface area contributed by atoms with E-state index in [4.69, 9.17) is 10.5 Å². The zero-order chi connectivity index (χ0) is 13.8. The first-order valence-corrected chi connectivity index (χ1v) is 7.10. The molecule has 5 heteroatoms. The number of hydrogen-bond acceptors (Lipinski definition) is 5. The Hall–Kier alpha value is -1.52. The number of aromatic nitrogens is 2. The third kappa shape index (κ3) is 3.49. The van der Waals surface area contributed by atoms with Crippen molar-refractivity contribution in [3.8, 4) is 5.88 Å². The Morgan fingerprint density at radius 2 is 1.95 bits per heavy atom. The Morgan fingerprint density at radius 1 is 1.26 bits per heavy atom. The van der Waals surface area contributed by atoms with Gasteiger partial charge in [0.25, 0.3) is 0 Å². The van der Waals surface area contributed by atoms with Crippen molar-refractivity contribution in [3.63, 3.8) is 0 Å². The molecular weight excluding hydrogens is 240 g/mol. The quantitative estimate of drug-likeness (QED) is 0.874. The van der Waals surface area contributed by atoms with E-state index < -0.39 is 0 Å². The van der Waals surface area contributed by atoms with Crippen LogP contribution >= 0.6 is 0 Å². The van der Waals surface area contributed by atoms with Crippen molar-refractivity contribution in [1.82, 2.24) is 9.97 Å². The first kappa shape index (κ1) is 13.9. The maximum Gasteiger partial charge on any atom is 0.242 e. The van der Waals surface area contributed by atoms with Crippen molar-refractivity contribution in [1.29, 1.82) is 0 Å². The number of ether oxygens (including phenoxy) is 1. The van der Waals surface area contributed by atoms with Gasteiger partial charge in [0.05, 0.1) is 6.61 Å². The van der Waals surface area contributed by atoms with Gasteiger partial charge in [-0.15, -0.1) is 0 Å². The lowest BCUT2D eigenvalue weighted by molar-refractivity contribution is 0.280. The summed E-state index contributed by atoms with van der Waals surface area (Å²) in [5.74, 6) is 2.66. The van der Waals surface area contributed by atoms with Crippen LogP contribution < -0.4 is 15.8 Å². The summed E-state index contributed by atoms with van der Waals surface area (Å²) in [5.41, 5.74) is 6.55. The summed E-state index contributed by atoms with van der Waals surface area (Å²) in [6.45, 7) is 7.08. The molecule has 1 aliphatic carbocycles. The van der Waals surface area contributed by atoms with Crippen molar-refractivity contribution in [2.24, 2.45) is 11.8 Å². The monoisotopic (exact) mass is 264 g/mol. The third-order valence-electron chi connectivity index (χ3n) is 3.65. The van der Waals surface area contributed by atoms with Crippen LogP contribution in [0.1, 0.15) is 40.0 Å². The maximum absolute atomic E-state index is 6.04. The fourth-order valence-electron chi connectivity index (χ4n) is 3.00. The molecular formula is C14H24N4O. The molecule has 0 radical (unpaired) electrons. The standard InChI is InChI=1S/C14H24N4O/c1-4-19-14-12(15)13(16-8-17-14)18-11-6-9(2)5-10(3)7-11/h8-11H,4-7,15H2,1-3H3,(H,16,17,18). The molecule has 2 unspecified atom stereocenters. The summed E-state index contributed by atoms with van der Waals surface area (Å²) in [5, 5.41) is 3.45. The van der Waals surface area contributed by atoms with E-state index in [-0.39, 0.29) is 0 Å². The fraction of sp³-hybridized carbons (Fsp3) is 0.714. The van der Waals surface area contributed by atoms with E-state index in [1.807, 2.05) is 6.92 Å². The number of hydrogen-bond donors (Lipinski definition) is 2. The molecule has 0 spiro atoms. The fourth-order valence-corrected chi connectivity index (χ4v) is 3.00. The molecule has 106 valence electrons. The van der Waals surface area contributed by atoms with Gasteiger partial charge in [-0.3, -0.25) is 0 Å². The second kappa shape index (κ2) is 6.08. The maximum atomic E-state index is 6.04. The predicted octanol–water partition coefficient (Wildman–Crippen LogP) is 2.69. The van der Waals surface area contributed by atoms with Crippen LogP contribution in [0.2, 0.25) is 0 Å². The van der Waals surface area contributed by atoms with Crippen molar-refractivity contribution in [2.75, 3.05) is 17.7 Å². The number of nitrogens with zero attached hydrogens (tertiary/aromatic N) is 2. The van der Waals surface area contributed by atoms with E-state index in [1.54, 1.807) is 0 Å². The van der Waals surface area contributed by atoms with Crippen LogP contribution in [0.3, 0.4) is 0 Å². The SMILES string of the molecule is CCOc1ncnc(NC2CC(C)CC(C)C2)c1N. The molecule has 3 N–H and O–H groups in total. The highest BCUT2D eigenvalue weighted by molar-refractivity contribution is 5.66. The normalized spacial score (nSPS) is 27.0. The Morgan fingerprint density at radius 3 is 2.58 bits per heavy atom. The lowest BCUT2D eigenvalue weighted by atomic mass is 9.80. The zero-order valence-corrected chi connectivity index (χ0v) is 12.0. The van der Waals surface area contributed by atoms with Crippen molar-refractivity contribution in [3.05, 3.63) is 6.33 Å². The first-order valence-electron chi connectivity index (χ1n) is 7.10. The van der Waals surface area contributed by atoms with Crippen LogP contribution in [0.25, 0.3) is 0 Å². The molecule has 1 aliphatic rings. The number of anilines is 2. The van der Waals surface area contributed by atoms with E-state index in [0.717, 1.165) is 24.7 Å². The summed E-state index contributed by atoms with van der Waals surface area (Å²) >= 11 is 0. The molecule has 0 saturated heterocycles. The van der Waals surface area contributed by atoms with E-state index in [0.29, 0.717) is 30.0 Å². The lowest BCUT2D eigenvalue weighted by Crippen LogP contribution is -2.30. The van der Waals surface area contributed by atoms with Gasteiger partial charge in [0, 0.05) is 6.04 Å². The zero-order valence-electron chi connectivity index (χ0n) is 12.0. The van der Waals surface area contributed by atoms with E-state index >= 15 is 0 Å². The summed E-state index contributed by atoms with van der Waals surface area (Å²) in [6, 6.07) is 0.436. The molecule has 1 aromatic heterocycles. The van der Waals surface area contributed by atoms with E-state index in [1.165, 1.54) is 12.7 Å². The van der Waals surface area contributed by atoms with Gasteiger partial charge in [-0.1, -0.05) is 13.8 Å². The third-order valence-corrected chi connectivity index (χ3v) is 3.65. The largest absolute Gasteiger partial charge is 0.476 e. The summed E-state index contributed by atoms with van der Waals surface area (Å²) in [4.78, 5) is 8.29. The van der Waals surface area contributed by atoms with E-state index in [9.17, 15) is 0 Å². The Labute approximate surface area is 115 Å². The van der Waals surface area contributed by atoms with Crippen molar-refractivity contribution < 1.29 is 4.74 Å². The molecule has 5 nitrogen and oxygen atoms in total. The summed E-state index contributed by atoms with van der Waals surface area (Å²) in [6.07, 6.45) is 5.14. The van der Waals surface area contributed by atoms with Crippen LogP contribution in [-0.4, -0.2) is 22.6 Å². The second-order valence-electron chi connectivity index (χ2n) is 5.63. The van der Waals surface area contributed by atoms with E-state index in [2.05, 4.69) is 29.1 Å². The number of rotatable bonds is 4. The molecule has 0 bridgehead atoms. The molecule has 19 heavy (non-hydrogen) atoms. The molecule has 1 fully saturated rings. The number of nitrogens with one attached hydrogen (secondary N) is 1. The summed E-state index contributed by atoms with van der Waals surface area (Å²) in [7, 11) is 0. The van der Waals surface area contributed by atoms with Gasteiger partial charge in [-0.25, -0.2) is 4.98 Å². The molecule has 0 aromatic carbocycles. The predicted molar refractivity (Wildman–Crippen MR) is 77.2 cm³/mol. The number of nitrogen functional groups attached to an aromatic ring is 1. The van der Waals surface area contributed by atoms with Gasteiger partial charge < -0.3 is 15.8 Å². The summed E-state index contributed by atoms with van der Waals surface area (Å²) < 4.78 is 5.39. The molecule has 0 aliphatic heterocycles. The molecule has 1 heterocycles. The van der Waals surface area contributed by atoms with Crippen LogP contribution in [-0.2, 0) is 0 Å². The van der Waals surface area contributed by atoms with Gasteiger partial charge in [0.1, 0.15) is 12.0 Å². The highest BCUT2D eigenvalue weighted by Crippen LogP contribution is 2.32. The topological polar surface area (TPSA) is 73.1 Å². The molecule has 2 rings (SSSR count). The molecule has 0 amide bonds. The molecule has 1 saturated carbocycles. The Bertz CT molecular complexity index is 414. The van der Waals surface area contributed by atoms with Gasteiger partial charge in [0.15, 0.2) is 5.82 Å². The minimum absolute atomic E-state index is 0.436. The Kier molecular flexibility index (Phi) is 4.45. The van der Waals surface area contributed by atoms with Crippen LogP contribution in [0.4, 0.5) is 11.5 Å². The van der Waals surface area contributed by atoms with Gasteiger partial charge in [-0.2, -0.15) is 4.98 Å².